The standard InChI is InChI=1S/C9H12N2O5S/c1-16-9(13)5-17(14,15)11-8-3-2-6(12)4-7(8)10/h2-4,11-12H,5,10H2,1H3. The predicted octanol–water partition coefficient (Wildman–Crippen LogP) is -0.111. The van der Waals surface area contributed by atoms with E-state index in [-0.39, 0.29) is 17.1 Å². The number of rotatable bonds is 4. The van der Waals surface area contributed by atoms with Crippen molar-refractivity contribution < 1.29 is 23.1 Å². The van der Waals surface area contributed by atoms with E-state index in [9.17, 15) is 13.2 Å². The molecule has 0 bridgehead atoms. The second-order valence-corrected chi connectivity index (χ2v) is 4.93. The van der Waals surface area contributed by atoms with E-state index in [1.54, 1.807) is 0 Å². The van der Waals surface area contributed by atoms with Gasteiger partial charge in [-0.25, -0.2) is 8.42 Å². The van der Waals surface area contributed by atoms with Crippen LogP contribution in [0, 0.1) is 0 Å². The van der Waals surface area contributed by atoms with Crippen molar-refractivity contribution in [1.29, 1.82) is 0 Å². The minimum Gasteiger partial charge on any atom is -0.508 e. The van der Waals surface area contributed by atoms with Gasteiger partial charge < -0.3 is 15.6 Å². The van der Waals surface area contributed by atoms with E-state index < -0.39 is 21.7 Å². The van der Waals surface area contributed by atoms with E-state index in [0.717, 1.165) is 7.11 Å². The van der Waals surface area contributed by atoms with E-state index in [0.29, 0.717) is 0 Å². The zero-order valence-electron chi connectivity index (χ0n) is 9.00. The third kappa shape index (κ3) is 3.83. The normalized spacial score (nSPS) is 10.9. The highest BCUT2D eigenvalue weighted by atomic mass is 32.2. The lowest BCUT2D eigenvalue weighted by atomic mass is 10.2. The zero-order chi connectivity index (χ0) is 13.1. The van der Waals surface area contributed by atoms with Gasteiger partial charge in [0.25, 0.3) is 0 Å². The molecule has 0 atom stereocenters. The summed E-state index contributed by atoms with van der Waals surface area (Å²) in [6, 6.07) is 3.75. The number of sulfonamides is 1. The van der Waals surface area contributed by atoms with E-state index in [1.165, 1.54) is 18.2 Å². The number of phenols is 1. The number of anilines is 2. The molecular formula is C9H12N2O5S. The van der Waals surface area contributed by atoms with Crippen LogP contribution in [-0.4, -0.2) is 32.4 Å². The van der Waals surface area contributed by atoms with Crippen LogP contribution >= 0.6 is 0 Å². The van der Waals surface area contributed by atoms with E-state index >= 15 is 0 Å². The number of nitrogen functional groups attached to an aromatic ring is 1. The maximum Gasteiger partial charge on any atom is 0.322 e. The first-order valence-electron chi connectivity index (χ1n) is 4.50. The van der Waals surface area contributed by atoms with Crippen LogP contribution in [0.5, 0.6) is 5.75 Å². The molecule has 1 rings (SSSR count). The Bertz CT molecular complexity index is 526. The summed E-state index contributed by atoms with van der Waals surface area (Å²) in [4.78, 5) is 10.8. The quantitative estimate of drug-likeness (QED) is 0.395. The number of methoxy groups -OCH3 is 1. The van der Waals surface area contributed by atoms with Gasteiger partial charge in [0.1, 0.15) is 5.75 Å². The molecule has 0 radical (unpaired) electrons. The predicted molar refractivity (Wildman–Crippen MR) is 61.9 cm³/mol. The van der Waals surface area contributed by atoms with Gasteiger partial charge in [-0.1, -0.05) is 0 Å². The van der Waals surface area contributed by atoms with Gasteiger partial charge in [0.05, 0.1) is 18.5 Å². The van der Waals surface area contributed by atoms with Gasteiger partial charge in [-0.05, 0) is 12.1 Å². The number of carbonyl (C=O) groups is 1. The van der Waals surface area contributed by atoms with Gasteiger partial charge in [-0.15, -0.1) is 0 Å². The molecule has 4 N–H and O–H groups in total. The summed E-state index contributed by atoms with van der Waals surface area (Å²) in [5.41, 5.74) is 5.63. The summed E-state index contributed by atoms with van der Waals surface area (Å²) in [6.45, 7) is 0. The SMILES string of the molecule is COC(=O)CS(=O)(=O)Nc1ccc(O)cc1N. The molecule has 0 aromatic heterocycles. The first kappa shape index (κ1) is 13.1. The third-order valence-electron chi connectivity index (χ3n) is 1.84. The van der Waals surface area contributed by atoms with Crippen molar-refractivity contribution in [2.75, 3.05) is 23.3 Å². The fourth-order valence-electron chi connectivity index (χ4n) is 1.06. The molecule has 7 nitrogen and oxygen atoms in total. The van der Waals surface area contributed by atoms with Gasteiger partial charge in [-0.2, -0.15) is 0 Å². The van der Waals surface area contributed by atoms with Crippen LogP contribution in [0.3, 0.4) is 0 Å². The van der Waals surface area contributed by atoms with E-state index in [1.807, 2.05) is 0 Å². The maximum absolute atomic E-state index is 11.5. The monoisotopic (exact) mass is 260 g/mol. The van der Waals surface area contributed by atoms with Crippen molar-refractivity contribution in [3.05, 3.63) is 18.2 Å². The van der Waals surface area contributed by atoms with Gasteiger partial charge in [0.2, 0.25) is 10.0 Å². The molecule has 1 aromatic rings. The van der Waals surface area contributed by atoms with Crippen molar-refractivity contribution in [2.24, 2.45) is 0 Å². The highest BCUT2D eigenvalue weighted by molar-refractivity contribution is 7.93. The number of aromatic hydroxyl groups is 1. The number of benzene rings is 1. The molecule has 0 aliphatic rings. The van der Waals surface area contributed by atoms with Crippen LogP contribution < -0.4 is 10.5 Å². The maximum atomic E-state index is 11.5. The number of nitrogens with one attached hydrogen (secondary N) is 1. The summed E-state index contributed by atoms with van der Waals surface area (Å²) >= 11 is 0. The molecule has 0 spiro atoms. The number of nitrogens with two attached hydrogens (primary N) is 1. The van der Waals surface area contributed by atoms with Crippen molar-refractivity contribution in [3.63, 3.8) is 0 Å². The second kappa shape index (κ2) is 4.91. The Kier molecular flexibility index (Phi) is 3.79. The Hall–Kier alpha value is -1.96. The summed E-state index contributed by atoms with van der Waals surface area (Å²) in [5, 5.41) is 9.09. The number of hydrogen-bond donors (Lipinski definition) is 3. The van der Waals surface area contributed by atoms with Crippen LogP contribution in [0.1, 0.15) is 0 Å². The zero-order valence-corrected chi connectivity index (χ0v) is 9.82. The first-order valence-corrected chi connectivity index (χ1v) is 6.15. The van der Waals surface area contributed by atoms with Crippen LogP contribution in [0.25, 0.3) is 0 Å². The number of phenolic OH excluding ortho intramolecular Hbond substituents is 1. The summed E-state index contributed by atoms with van der Waals surface area (Å²) in [5.74, 6) is -1.77. The fourth-order valence-corrected chi connectivity index (χ4v) is 2.08. The van der Waals surface area contributed by atoms with Gasteiger partial charge >= 0.3 is 5.97 Å². The molecule has 94 valence electrons. The Morgan fingerprint density at radius 3 is 2.71 bits per heavy atom. The molecule has 0 fully saturated rings. The van der Waals surface area contributed by atoms with Gasteiger partial charge in [0, 0.05) is 6.07 Å². The molecule has 0 aliphatic heterocycles. The highest BCUT2D eigenvalue weighted by Gasteiger charge is 2.17. The summed E-state index contributed by atoms with van der Waals surface area (Å²) in [6.07, 6.45) is 0. The average molecular weight is 260 g/mol. The van der Waals surface area contributed by atoms with Crippen LogP contribution in [-0.2, 0) is 19.6 Å². The summed E-state index contributed by atoms with van der Waals surface area (Å²) in [7, 11) is -2.78. The van der Waals surface area contributed by atoms with Crippen LogP contribution in [0.4, 0.5) is 11.4 Å². The molecule has 0 heterocycles. The molecule has 0 aliphatic carbocycles. The molecule has 1 aromatic carbocycles. The first-order chi connectivity index (χ1) is 7.84. The molecule has 0 saturated carbocycles. The number of hydrogen-bond acceptors (Lipinski definition) is 6. The smallest absolute Gasteiger partial charge is 0.322 e. The highest BCUT2D eigenvalue weighted by Crippen LogP contribution is 2.24. The molecule has 0 amide bonds. The minimum atomic E-state index is -3.87. The van der Waals surface area contributed by atoms with Crippen molar-refractivity contribution in [3.8, 4) is 5.75 Å². The fraction of sp³-hybridized carbons (Fsp3) is 0.222. The lowest BCUT2D eigenvalue weighted by molar-refractivity contribution is -0.137. The molecule has 0 saturated heterocycles. The Morgan fingerprint density at radius 1 is 1.53 bits per heavy atom. The van der Waals surface area contributed by atoms with Crippen LogP contribution in [0.15, 0.2) is 18.2 Å². The van der Waals surface area contributed by atoms with Gasteiger partial charge in [-0.3, -0.25) is 9.52 Å². The third-order valence-corrected chi connectivity index (χ3v) is 2.98. The van der Waals surface area contributed by atoms with Crippen molar-refractivity contribution in [1.82, 2.24) is 0 Å². The average Bonchev–Trinajstić information content (AvgIpc) is 2.21. The van der Waals surface area contributed by atoms with Crippen molar-refractivity contribution in [2.45, 2.75) is 0 Å². The number of ether oxygens (including phenoxy) is 1. The number of carbonyl (C=O) groups excluding carboxylic acids is 1. The Morgan fingerprint density at radius 2 is 2.18 bits per heavy atom. The lowest BCUT2D eigenvalue weighted by Crippen LogP contribution is -2.24. The largest absolute Gasteiger partial charge is 0.508 e. The molecule has 17 heavy (non-hydrogen) atoms. The van der Waals surface area contributed by atoms with Gasteiger partial charge in [0.15, 0.2) is 5.75 Å². The van der Waals surface area contributed by atoms with E-state index in [4.69, 9.17) is 10.8 Å². The minimum absolute atomic E-state index is 0.0541. The Labute approximate surface area is 98.2 Å². The molecular weight excluding hydrogens is 248 g/mol. The number of esters is 1. The molecule has 0 unspecified atom stereocenters. The second-order valence-electron chi connectivity index (χ2n) is 3.21. The van der Waals surface area contributed by atoms with Crippen molar-refractivity contribution >= 4 is 27.4 Å². The Balaban J connectivity index is 2.87. The molecule has 8 heteroatoms. The van der Waals surface area contributed by atoms with E-state index in [2.05, 4.69) is 9.46 Å². The topological polar surface area (TPSA) is 119 Å². The van der Waals surface area contributed by atoms with Crippen LogP contribution in [0.2, 0.25) is 0 Å². The summed E-state index contributed by atoms with van der Waals surface area (Å²) < 4.78 is 29.3. The lowest BCUT2D eigenvalue weighted by Gasteiger charge is -2.09.